The van der Waals surface area contributed by atoms with Crippen LogP contribution in [0.4, 0.5) is 17.2 Å². The summed E-state index contributed by atoms with van der Waals surface area (Å²) in [5.74, 6) is 0.570. The van der Waals surface area contributed by atoms with Crippen LogP contribution in [0, 0.1) is 13.8 Å². The van der Waals surface area contributed by atoms with E-state index in [9.17, 15) is 4.79 Å². The van der Waals surface area contributed by atoms with Gasteiger partial charge in [-0.2, -0.15) is 0 Å². The van der Waals surface area contributed by atoms with Gasteiger partial charge < -0.3 is 16.0 Å². The van der Waals surface area contributed by atoms with E-state index in [0.717, 1.165) is 24.3 Å². The lowest BCUT2D eigenvalue weighted by molar-refractivity contribution is 0.100. The third-order valence-corrected chi connectivity index (χ3v) is 4.44. The van der Waals surface area contributed by atoms with E-state index in [-0.39, 0.29) is 0 Å². The lowest BCUT2D eigenvalue weighted by Crippen LogP contribution is -2.20. The normalized spacial score (nSPS) is 14.0. The van der Waals surface area contributed by atoms with E-state index in [2.05, 4.69) is 26.3 Å². The number of hydrogen-bond donors (Lipinski definition) is 2. The molecule has 1 fully saturated rings. The van der Waals surface area contributed by atoms with Gasteiger partial charge in [0.05, 0.1) is 17.4 Å². The summed E-state index contributed by atoms with van der Waals surface area (Å²) in [6.45, 7) is 5.72. The first-order valence-electron chi connectivity index (χ1n) is 7.91. The maximum Gasteiger partial charge on any atom is 0.250 e. The number of primary amides is 1. The summed E-state index contributed by atoms with van der Waals surface area (Å²) in [4.78, 5) is 22.6. The molecule has 1 saturated heterocycles. The van der Waals surface area contributed by atoms with Gasteiger partial charge in [0.25, 0.3) is 5.91 Å². The minimum Gasteiger partial charge on any atom is -0.372 e. The molecule has 7 heteroatoms. The molecule has 0 unspecified atom stereocenters. The predicted molar refractivity (Wildman–Crippen MR) is 96.2 cm³/mol. The Morgan fingerprint density at radius 1 is 1.29 bits per heavy atom. The molecule has 0 aliphatic carbocycles. The number of anilines is 3. The van der Waals surface area contributed by atoms with Crippen molar-refractivity contribution in [2.75, 3.05) is 23.3 Å². The number of rotatable bonds is 4. The highest BCUT2D eigenvalue weighted by molar-refractivity contribution is 6.32. The quantitative estimate of drug-likeness (QED) is 0.889. The van der Waals surface area contributed by atoms with Crippen molar-refractivity contribution in [1.29, 1.82) is 0 Å². The maximum absolute atomic E-state index is 12.0. The van der Waals surface area contributed by atoms with Gasteiger partial charge in [0.1, 0.15) is 10.8 Å². The second kappa shape index (κ2) is 6.65. The monoisotopic (exact) mass is 345 g/mol. The molecule has 1 aliphatic rings. The number of nitrogens with zero attached hydrogens (tertiary/aromatic N) is 3. The zero-order valence-corrected chi connectivity index (χ0v) is 14.5. The molecule has 3 rings (SSSR count). The molecule has 126 valence electrons. The molecule has 0 radical (unpaired) electrons. The van der Waals surface area contributed by atoms with E-state index < -0.39 is 5.91 Å². The lowest BCUT2D eigenvalue weighted by Gasteiger charge is -2.21. The number of nitrogens with one attached hydrogen (secondary N) is 1. The van der Waals surface area contributed by atoms with Crippen LogP contribution in [0.25, 0.3) is 0 Å². The van der Waals surface area contributed by atoms with Crippen molar-refractivity contribution in [3.8, 4) is 0 Å². The largest absolute Gasteiger partial charge is 0.372 e. The highest BCUT2D eigenvalue weighted by atomic mass is 35.5. The average Bonchev–Trinajstić information content (AvgIpc) is 3.06. The molecule has 2 heterocycles. The zero-order chi connectivity index (χ0) is 17.3. The molecule has 0 atom stereocenters. The number of aryl methyl sites for hydroxylation is 2. The molecule has 6 nitrogen and oxygen atoms in total. The van der Waals surface area contributed by atoms with E-state index in [0.29, 0.717) is 27.9 Å². The maximum atomic E-state index is 12.0. The summed E-state index contributed by atoms with van der Waals surface area (Å²) < 4.78 is 0. The number of amides is 1. The number of aromatic nitrogens is 2. The Kier molecular flexibility index (Phi) is 4.57. The van der Waals surface area contributed by atoms with Gasteiger partial charge >= 0.3 is 0 Å². The molecule has 1 aromatic heterocycles. The van der Waals surface area contributed by atoms with E-state index >= 15 is 0 Å². The lowest BCUT2D eigenvalue weighted by atomic mass is 10.0. The van der Waals surface area contributed by atoms with Crippen molar-refractivity contribution in [2.24, 2.45) is 5.73 Å². The van der Waals surface area contributed by atoms with Gasteiger partial charge in [-0.15, -0.1) is 0 Å². The van der Waals surface area contributed by atoms with Crippen LogP contribution in [0.15, 0.2) is 18.3 Å². The summed E-state index contributed by atoms with van der Waals surface area (Å²) in [6.07, 6.45) is 3.87. The van der Waals surface area contributed by atoms with Gasteiger partial charge in [0.2, 0.25) is 0 Å². The SMILES string of the molecule is Cc1ncc(Cl)c(Nc2c(C)cc(N3CCCC3)cc2C(N)=O)n1. The highest BCUT2D eigenvalue weighted by Crippen LogP contribution is 2.32. The fourth-order valence-corrected chi connectivity index (χ4v) is 3.09. The molecule has 0 saturated carbocycles. The van der Waals surface area contributed by atoms with Crippen LogP contribution in [0.3, 0.4) is 0 Å². The van der Waals surface area contributed by atoms with E-state index in [1.165, 1.54) is 19.0 Å². The minimum absolute atomic E-state index is 0.388. The molecule has 1 aromatic carbocycles. The Hall–Kier alpha value is -2.34. The first-order valence-corrected chi connectivity index (χ1v) is 8.29. The Morgan fingerprint density at radius 3 is 2.67 bits per heavy atom. The Morgan fingerprint density at radius 2 is 2.00 bits per heavy atom. The number of benzene rings is 1. The second-order valence-electron chi connectivity index (χ2n) is 5.98. The van der Waals surface area contributed by atoms with Crippen LogP contribution in [-0.4, -0.2) is 29.0 Å². The standard InChI is InChI=1S/C17H20ClN5O/c1-10-7-12(23-5-3-4-6-23)8-13(16(19)24)15(10)22-17-14(18)9-20-11(2)21-17/h7-9H,3-6H2,1-2H3,(H2,19,24)(H,20,21,22). The fraction of sp³-hybridized carbons (Fsp3) is 0.353. The molecule has 24 heavy (non-hydrogen) atoms. The molecular weight excluding hydrogens is 326 g/mol. The summed E-state index contributed by atoms with van der Waals surface area (Å²) in [7, 11) is 0. The number of carbonyl (C=O) groups is 1. The Labute approximate surface area is 146 Å². The van der Waals surface area contributed by atoms with Crippen LogP contribution in [-0.2, 0) is 0 Å². The van der Waals surface area contributed by atoms with Crippen LogP contribution >= 0.6 is 11.6 Å². The van der Waals surface area contributed by atoms with Gasteiger partial charge in [-0.1, -0.05) is 11.6 Å². The van der Waals surface area contributed by atoms with Crippen LogP contribution < -0.4 is 16.0 Å². The predicted octanol–water partition coefficient (Wildman–Crippen LogP) is 3.19. The molecule has 0 bridgehead atoms. The molecule has 1 amide bonds. The van der Waals surface area contributed by atoms with Crippen molar-refractivity contribution < 1.29 is 4.79 Å². The summed E-state index contributed by atoms with van der Waals surface area (Å²) >= 11 is 6.15. The molecule has 3 N–H and O–H groups in total. The Balaban J connectivity index is 2.03. The topological polar surface area (TPSA) is 84.1 Å². The minimum atomic E-state index is -0.483. The highest BCUT2D eigenvalue weighted by Gasteiger charge is 2.19. The van der Waals surface area contributed by atoms with Crippen LogP contribution in [0.5, 0.6) is 0 Å². The summed E-state index contributed by atoms with van der Waals surface area (Å²) in [5, 5.41) is 3.53. The molecule has 1 aliphatic heterocycles. The van der Waals surface area contributed by atoms with Crippen molar-refractivity contribution in [3.05, 3.63) is 40.3 Å². The average molecular weight is 346 g/mol. The Bertz CT molecular complexity index is 787. The number of hydrogen-bond acceptors (Lipinski definition) is 5. The number of carbonyl (C=O) groups excluding carboxylic acids is 1. The zero-order valence-electron chi connectivity index (χ0n) is 13.8. The third kappa shape index (κ3) is 3.28. The van der Waals surface area contributed by atoms with Crippen molar-refractivity contribution in [3.63, 3.8) is 0 Å². The first-order chi connectivity index (χ1) is 11.5. The van der Waals surface area contributed by atoms with Gasteiger partial charge in [0, 0.05) is 18.8 Å². The number of nitrogens with two attached hydrogens (primary N) is 1. The number of halogens is 1. The van der Waals surface area contributed by atoms with Gasteiger partial charge in [0.15, 0.2) is 5.82 Å². The van der Waals surface area contributed by atoms with Crippen molar-refractivity contribution >= 4 is 34.7 Å². The van der Waals surface area contributed by atoms with Gasteiger partial charge in [-0.05, 0) is 44.4 Å². The molecule has 2 aromatic rings. The first kappa shape index (κ1) is 16.5. The third-order valence-electron chi connectivity index (χ3n) is 4.16. The van der Waals surface area contributed by atoms with Crippen LogP contribution in [0.2, 0.25) is 5.02 Å². The molecular formula is C17H20ClN5O. The second-order valence-corrected chi connectivity index (χ2v) is 6.39. The summed E-state index contributed by atoms with van der Waals surface area (Å²) in [5.41, 5.74) is 8.61. The van der Waals surface area contributed by atoms with E-state index in [1.807, 2.05) is 13.0 Å². The van der Waals surface area contributed by atoms with E-state index in [1.54, 1.807) is 6.92 Å². The smallest absolute Gasteiger partial charge is 0.250 e. The van der Waals surface area contributed by atoms with Crippen molar-refractivity contribution in [1.82, 2.24) is 9.97 Å². The van der Waals surface area contributed by atoms with E-state index in [4.69, 9.17) is 17.3 Å². The summed E-state index contributed by atoms with van der Waals surface area (Å²) in [6, 6.07) is 3.90. The van der Waals surface area contributed by atoms with Crippen molar-refractivity contribution in [2.45, 2.75) is 26.7 Å². The molecule has 0 spiro atoms. The van der Waals surface area contributed by atoms with Gasteiger partial charge in [-0.25, -0.2) is 9.97 Å². The van der Waals surface area contributed by atoms with Gasteiger partial charge in [-0.3, -0.25) is 4.79 Å². The fourth-order valence-electron chi connectivity index (χ4n) is 2.95. The van der Waals surface area contributed by atoms with Crippen LogP contribution in [0.1, 0.15) is 34.6 Å².